The van der Waals surface area contributed by atoms with Crippen LogP contribution in [0.15, 0.2) is 95.9 Å². The van der Waals surface area contributed by atoms with E-state index in [-0.39, 0.29) is 4.90 Å². The minimum Gasteiger partial charge on any atom is -0.355 e. The minimum absolute atomic E-state index is 0.217. The summed E-state index contributed by atoms with van der Waals surface area (Å²) in [7, 11) is -3.69. The van der Waals surface area contributed by atoms with Gasteiger partial charge in [-0.3, -0.25) is 4.72 Å². The van der Waals surface area contributed by atoms with Crippen molar-refractivity contribution in [3.05, 3.63) is 91.0 Å². The van der Waals surface area contributed by atoms with E-state index in [0.717, 1.165) is 41.3 Å². The summed E-state index contributed by atoms with van der Waals surface area (Å²) in [6, 6.07) is 27.8. The van der Waals surface area contributed by atoms with E-state index in [1.54, 1.807) is 24.3 Å². The minimum atomic E-state index is -3.69. The van der Waals surface area contributed by atoms with Gasteiger partial charge in [0, 0.05) is 24.3 Å². The maximum Gasteiger partial charge on any atom is 0.261 e. The third-order valence-electron chi connectivity index (χ3n) is 5.79. The highest BCUT2D eigenvalue weighted by Gasteiger charge is 2.16. The van der Waals surface area contributed by atoms with E-state index in [1.807, 2.05) is 66.7 Å². The van der Waals surface area contributed by atoms with Gasteiger partial charge >= 0.3 is 0 Å². The van der Waals surface area contributed by atoms with Crippen molar-refractivity contribution in [1.29, 1.82) is 0 Å². The molecule has 0 saturated carbocycles. The molecule has 1 aliphatic heterocycles. The van der Waals surface area contributed by atoms with Gasteiger partial charge in [0.15, 0.2) is 5.82 Å². The van der Waals surface area contributed by atoms with Crippen molar-refractivity contribution in [2.24, 2.45) is 0 Å². The number of nitrogens with one attached hydrogen (secondary N) is 1. The summed E-state index contributed by atoms with van der Waals surface area (Å²) in [4.78, 5) is 2.45. The molecule has 2 heterocycles. The molecule has 0 aliphatic carbocycles. The van der Waals surface area contributed by atoms with Crippen molar-refractivity contribution in [2.75, 3.05) is 22.7 Å². The smallest absolute Gasteiger partial charge is 0.261 e. The molecule has 7 heteroatoms. The number of benzene rings is 3. The molecule has 3 aromatic carbocycles. The van der Waals surface area contributed by atoms with Crippen LogP contribution in [0.5, 0.6) is 0 Å². The SMILES string of the molecule is O=S(=O)(Nc1ccc(-c2ccc(N3CCCC3)nn2)cc1)c1ccc(-c2ccccc2)cc1. The monoisotopic (exact) mass is 456 g/mol. The molecule has 0 radical (unpaired) electrons. The van der Waals surface area contributed by atoms with Crippen molar-refractivity contribution in [1.82, 2.24) is 10.2 Å². The lowest BCUT2D eigenvalue weighted by molar-refractivity contribution is 0.601. The summed E-state index contributed by atoms with van der Waals surface area (Å²) in [6.07, 6.45) is 2.38. The molecule has 0 atom stereocenters. The number of anilines is 2. The summed E-state index contributed by atoms with van der Waals surface area (Å²) < 4.78 is 28.3. The number of nitrogens with zero attached hydrogens (tertiary/aromatic N) is 3. The van der Waals surface area contributed by atoms with E-state index < -0.39 is 10.0 Å². The van der Waals surface area contributed by atoms with Crippen molar-refractivity contribution >= 4 is 21.5 Å². The van der Waals surface area contributed by atoms with E-state index >= 15 is 0 Å². The predicted molar refractivity (Wildman–Crippen MR) is 132 cm³/mol. The molecule has 1 N–H and O–H groups in total. The zero-order valence-corrected chi connectivity index (χ0v) is 18.9. The van der Waals surface area contributed by atoms with Crippen LogP contribution in [0.25, 0.3) is 22.4 Å². The van der Waals surface area contributed by atoms with Crippen LogP contribution in [-0.2, 0) is 10.0 Å². The number of hydrogen-bond acceptors (Lipinski definition) is 5. The molecule has 1 saturated heterocycles. The third-order valence-corrected chi connectivity index (χ3v) is 7.18. The molecule has 0 bridgehead atoms. The van der Waals surface area contributed by atoms with Crippen molar-refractivity contribution < 1.29 is 8.42 Å². The second-order valence-corrected chi connectivity index (χ2v) is 9.73. The van der Waals surface area contributed by atoms with E-state index in [0.29, 0.717) is 5.69 Å². The first-order valence-corrected chi connectivity index (χ1v) is 12.4. The van der Waals surface area contributed by atoms with E-state index in [1.165, 1.54) is 12.8 Å². The van der Waals surface area contributed by atoms with Gasteiger partial charge in [-0.15, -0.1) is 10.2 Å². The van der Waals surface area contributed by atoms with E-state index in [2.05, 4.69) is 19.8 Å². The Kier molecular flexibility index (Phi) is 5.79. The van der Waals surface area contributed by atoms with Gasteiger partial charge in [-0.2, -0.15) is 0 Å². The summed E-state index contributed by atoms with van der Waals surface area (Å²) >= 11 is 0. The van der Waals surface area contributed by atoms with Crippen LogP contribution in [0.2, 0.25) is 0 Å². The normalized spacial score (nSPS) is 13.8. The van der Waals surface area contributed by atoms with Gasteiger partial charge in [0.2, 0.25) is 0 Å². The van der Waals surface area contributed by atoms with Crippen LogP contribution < -0.4 is 9.62 Å². The summed E-state index contributed by atoms with van der Waals surface area (Å²) in [6.45, 7) is 2.05. The lowest BCUT2D eigenvalue weighted by Crippen LogP contribution is -2.19. The van der Waals surface area contributed by atoms with E-state index in [4.69, 9.17) is 0 Å². The topological polar surface area (TPSA) is 75.2 Å². The summed E-state index contributed by atoms with van der Waals surface area (Å²) in [5.41, 5.74) is 4.14. The van der Waals surface area contributed by atoms with Crippen LogP contribution in [0, 0.1) is 0 Å². The Hall–Kier alpha value is -3.71. The van der Waals surface area contributed by atoms with Crippen LogP contribution in [-0.4, -0.2) is 31.7 Å². The Morgan fingerprint density at radius 2 is 1.30 bits per heavy atom. The molecule has 6 nitrogen and oxygen atoms in total. The number of hydrogen-bond donors (Lipinski definition) is 1. The van der Waals surface area contributed by atoms with Crippen molar-refractivity contribution in [3.63, 3.8) is 0 Å². The Labute approximate surface area is 194 Å². The average Bonchev–Trinajstić information content (AvgIpc) is 3.40. The summed E-state index contributed by atoms with van der Waals surface area (Å²) in [5.74, 6) is 0.902. The zero-order chi connectivity index (χ0) is 22.7. The van der Waals surface area contributed by atoms with Gasteiger partial charge in [-0.1, -0.05) is 54.6 Å². The standard InChI is InChI=1S/C26H24N4O2S/c31-33(32,24-14-10-21(11-15-24)20-6-2-1-3-7-20)29-23-12-8-22(9-13-23)25-16-17-26(28-27-25)30-18-4-5-19-30/h1-3,6-17,29H,4-5,18-19H2. The van der Waals surface area contributed by atoms with Crippen molar-refractivity contribution in [2.45, 2.75) is 17.7 Å². The molecule has 1 fully saturated rings. The molecule has 0 spiro atoms. The second kappa shape index (κ2) is 9.03. The number of aromatic nitrogens is 2. The van der Waals surface area contributed by atoms with Crippen LogP contribution in [0.3, 0.4) is 0 Å². The number of rotatable bonds is 6. The van der Waals surface area contributed by atoms with Crippen LogP contribution in [0.4, 0.5) is 11.5 Å². The highest BCUT2D eigenvalue weighted by Crippen LogP contribution is 2.25. The Morgan fingerprint density at radius 1 is 0.667 bits per heavy atom. The molecule has 1 aromatic heterocycles. The lowest BCUT2D eigenvalue weighted by atomic mass is 10.1. The molecule has 1 aliphatic rings. The molecular weight excluding hydrogens is 432 g/mol. The zero-order valence-electron chi connectivity index (χ0n) is 18.1. The highest BCUT2D eigenvalue weighted by atomic mass is 32.2. The van der Waals surface area contributed by atoms with E-state index in [9.17, 15) is 8.42 Å². The first kappa shape index (κ1) is 21.2. The molecule has 5 rings (SSSR count). The molecule has 4 aromatic rings. The average molecular weight is 457 g/mol. The molecule has 166 valence electrons. The van der Waals surface area contributed by atoms with Gasteiger partial charge in [-0.05, 0) is 60.4 Å². The van der Waals surface area contributed by atoms with Crippen molar-refractivity contribution in [3.8, 4) is 22.4 Å². The van der Waals surface area contributed by atoms with Gasteiger partial charge < -0.3 is 4.90 Å². The quantitative estimate of drug-likeness (QED) is 0.431. The third kappa shape index (κ3) is 4.73. The highest BCUT2D eigenvalue weighted by molar-refractivity contribution is 7.92. The Morgan fingerprint density at radius 3 is 1.94 bits per heavy atom. The Bertz CT molecular complexity index is 1320. The fourth-order valence-corrected chi connectivity index (χ4v) is 5.03. The van der Waals surface area contributed by atoms with Gasteiger partial charge in [0.05, 0.1) is 10.6 Å². The maximum atomic E-state index is 12.8. The molecular formula is C26H24N4O2S. The van der Waals surface area contributed by atoms with Crippen LogP contribution in [0.1, 0.15) is 12.8 Å². The molecule has 33 heavy (non-hydrogen) atoms. The van der Waals surface area contributed by atoms with Crippen LogP contribution >= 0.6 is 0 Å². The largest absolute Gasteiger partial charge is 0.355 e. The molecule has 0 amide bonds. The van der Waals surface area contributed by atoms with Gasteiger partial charge in [0.25, 0.3) is 10.0 Å². The fourth-order valence-electron chi connectivity index (χ4n) is 3.97. The lowest BCUT2D eigenvalue weighted by Gasteiger charge is -2.15. The number of sulfonamides is 1. The first-order chi connectivity index (χ1) is 16.1. The van der Waals surface area contributed by atoms with Gasteiger partial charge in [-0.25, -0.2) is 8.42 Å². The Balaban J connectivity index is 1.28. The summed E-state index contributed by atoms with van der Waals surface area (Å²) in [5, 5.41) is 8.70. The second-order valence-electron chi connectivity index (χ2n) is 8.04. The molecule has 0 unspecified atom stereocenters. The fraction of sp³-hybridized carbons (Fsp3) is 0.154. The van der Waals surface area contributed by atoms with Gasteiger partial charge in [0.1, 0.15) is 0 Å². The maximum absolute atomic E-state index is 12.8. The first-order valence-electron chi connectivity index (χ1n) is 11.0. The predicted octanol–water partition coefficient (Wildman–Crippen LogP) is 5.21.